The lowest BCUT2D eigenvalue weighted by molar-refractivity contribution is -0.0800. The minimum atomic E-state index is -4.36. The third kappa shape index (κ3) is 7.65. The maximum absolute atomic E-state index is 11.7. The molecule has 0 nitrogen and oxygen atoms in total. The fourth-order valence-corrected chi connectivity index (χ4v) is 0.698. The summed E-state index contributed by atoms with van der Waals surface area (Å²) in [6.45, 7) is 3.56. The van der Waals surface area contributed by atoms with Gasteiger partial charge >= 0.3 is 6.18 Å². The van der Waals surface area contributed by atoms with E-state index in [-0.39, 0.29) is 11.1 Å². The van der Waals surface area contributed by atoms with Crippen LogP contribution in [0.1, 0.15) is 13.8 Å². The fraction of sp³-hybridized carbons (Fsp3) is 0.333. The Bertz CT molecular complexity index is 246. The second-order valence-corrected chi connectivity index (χ2v) is 2.87. The van der Waals surface area contributed by atoms with Gasteiger partial charge in [-0.2, -0.15) is 13.2 Å². The summed E-state index contributed by atoms with van der Waals surface area (Å²) in [4.78, 5) is 0. The lowest BCUT2D eigenvalue weighted by Gasteiger charge is -1.97. The molecule has 0 bridgehead atoms. The summed E-state index contributed by atoms with van der Waals surface area (Å²) in [7, 11) is 0. The molecule has 0 aliphatic heterocycles. The average Bonchev–Trinajstić information content (AvgIpc) is 1.97. The molecular weight excluding hydrogens is 201 g/mol. The van der Waals surface area contributed by atoms with Crippen molar-refractivity contribution < 1.29 is 13.2 Å². The minimum Gasteiger partial charge on any atom is -0.167 e. The zero-order valence-corrected chi connectivity index (χ0v) is 8.08. The van der Waals surface area contributed by atoms with Crippen molar-refractivity contribution in [3.63, 3.8) is 0 Å². The van der Waals surface area contributed by atoms with Crippen LogP contribution in [0.2, 0.25) is 0 Å². The van der Waals surface area contributed by atoms with Crippen molar-refractivity contribution in [2.75, 3.05) is 0 Å². The molecule has 0 unspecified atom stereocenters. The first-order valence-corrected chi connectivity index (χ1v) is 3.99. The van der Waals surface area contributed by atoms with E-state index in [9.17, 15) is 13.2 Å². The molecule has 4 heteroatoms. The van der Waals surface area contributed by atoms with Gasteiger partial charge < -0.3 is 0 Å². The van der Waals surface area contributed by atoms with Crippen LogP contribution >= 0.6 is 11.6 Å². The molecule has 0 amide bonds. The molecule has 0 N–H and O–H groups in total. The number of alkyl halides is 3. The SMILES string of the molecule is C\C=C(C)/C=C\C(Cl)=C\C(F)(F)F. The van der Waals surface area contributed by atoms with Gasteiger partial charge in [0, 0.05) is 11.1 Å². The first kappa shape index (κ1) is 12.3. The number of halogens is 4. The fourth-order valence-electron chi connectivity index (χ4n) is 0.512. The summed E-state index contributed by atoms with van der Waals surface area (Å²) in [6.07, 6.45) is 0.197. The van der Waals surface area contributed by atoms with Crippen molar-refractivity contribution in [3.05, 3.63) is 34.9 Å². The van der Waals surface area contributed by atoms with E-state index in [0.717, 1.165) is 5.57 Å². The van der Waals surface area contributed by atoms with E-state index in [1.165, 1.54) is 12.2 Å². The van der Waals surface area contributed by atoms with Crippen LogP contribution in [0.3, 0.4) is 0 Å². The van der Waals surface area contributed by atoms with Crippen LogP contribution < -0.4 is 0 Å². The Morgan fingerprint density at radius 3 is 2.15 bits per heavy atom. The van der Waals surface area contributed by atoms with Crippen LogP contribution in [0.15, 0.2) is 34.9 Å². The Labute approximate surface area is 80.4 Å². The molecule has 74 valence electrons. The third-order valence-electron chi connectivity index (χ3n) is 1.26. The Balaban J connectivity index is 4.39. The topological polar surface area (TPSA) is 0 Å². The van der Waals surface area contributed by atoms with Gasteiger partial charge in [-0.1, -0.05) is 29.3 Å². The standard InChI is InChI=1S/C9H10ClF3/c1-3-7(2)4-5-8(10)6-9(11,12)13/h3-6H,1-2H3/b5-4-,7-3-,8-6-. The maximum atomic E-state index is 11.7. The van der Waals surface area contributed by atoms with Gasteiger partial charge in [0.1, 0.15) is 0 Å². The zero-order valence-electron chi connectivity index (χ0n) is 7.32. The summed E-state index contributed by atoms with van der Waals surface area (Å²) in [5.41, 5.74) is 0.855. The highest BCUT2D eigenvalue weighted by Gasteiger charge is 2.23. The van der Waals surface area contributed by atoms with Crippen molar-refractivity contribution in [3.8, 4) is 0 Å². The number of hydrogen-bond donors (Lipinski definition) is 0. The molecule has 13 heavy (non-hydrogen) atoms. The lowest BCUT2D eigenvalue weighted by atomic mass is 10.2. The molecule has 0 saturated heterocycles. The Morgan fingerprint density at radius 1 is 1.23 bits per heavy atom. The van der Waals surface area contributed by atoms with Crippen LogP contribution in [0, 0.1) is 0 Å². The molecule has 0 fully saturated rings. The summed E-state index contributed by atoms with van der Waals surface area (Å²) >= 11 is 5.29. The highest BCUT2D eigenvalue weighted by atomic mass is 35.5. The Hall–Kier alpha value is -0.700. The molecular formula is C9H10ClF3. The van der Waals surface area contributed by atoms with E-state index in [1.807, 2.05) is 0 Å². The second kappa shape index (κ2) is 5.12. The second-order valence-electron chi connectivity index (χ2n) is 2.44. The van der Waals surface area contributed by atoms with Gasteiger partial charge in [0.05, 0.1) is 0 Å². The summed E-state index contributed by atoms with van der Waals surface area (Å²) in [6, 6.07) is 0. The molecule has 0 aromatic carbocycles. The monoisotopic (exact) mass is 210 g/mol. The highest BCUT2D eigenvalue weighted by Crippen LogP contribution is 2.20. The van der Waals surface area contributed by atoms with E-state index in [4.69, 9.17) is 11.6 Å². The van der Waals surface area contributed by atoms with Crippen LogP contribution in [-0.2, 0) is 0 Å². The molecule has 0 heterocycles. The maximum Gasteiger partial charge on any atom is 0.411 e. The quantitative estimate of drug-likeness (QED) is 0.600. The molecule has 0 rings (SSSR count). The molecule has 0 atom stereocenters. The molecule has 0 aliphatic rings. The van der Waals surface area contributed by atoms with Gasteiger partial charge in [-0.15, -0.1) is 0 Å². The van der Waals surface area contributed by atoms with Crippen LogP contribution in [0.25, 0.3) is 0 Å². The molecule has 0 aromatic rings. The molecule has 0 aromatic heterocycles. The number of rotatable bonds is 2. The summed E-state index contributed by atoms with van der Waals surface area (Å²) in [5.74, 6) is 0. The van der Waals surface area contributed by atoms with Crippen LogP contribution in [-0.4, -0.2) is 6.18 Å². The third-order valence-corrected chi connectivity index (χ3v) is 1.50. The largest absolute Gasteiger partial charge is 0.411 e. The van der Waals surface area contributed by atoms with E-state index in [0.29, 0.717) is 0 Å². The van der Waals surface area contributed by atoms with Gasteiger partial charge in [0.25, 0.3) is 0 Å². The summed E-state index contributed by atoms with van der Waals surface area (Å²) in [5, 5.41) is -0.325. The van der Waals surface area contributed by atoms with Crippen molar-refractivity contribution in [2.24, 2.45) is 0 Å². The van der Waals surface area contributed by atoms with Gasteiger partial charge in [-0.3, -0.25) is 0 Å². The first-order valence-electron chi connectivity index (χ1n) is 3.61. The van der Waals surface area contributed by atoms with Crippen molar-refractivity contribution in [1.29, 1.82) is 0 Å². The van der Waals surface area contributed by atoms with Crippen molar-refractivity contribution in [2.45, 2.75) is 20.0 Å². The Morgan fingerprint density at radius 2 is 1.77 bits per heavy atom. The van der Waals surface area contributed by atoms with Gasteiger partial charge in [0.15, 0.2) is 0 Å². The van der Waals surface area contributed by atoms with Crippen LogP contribution in [0.5, 0.6) is 0 Å². The van der Waals surface area contributed by atoms with E-state index >= 15 is 0 Å². The van der Waals surface area contributed by atoms with E-state index < -0.39 is 6.18 Å². The van der Waals surface area contributed by atoms with E-state index in [1.54, 1.807) is 19.9 Å². The zero-order chi connectivity index (χ0) is 10.5. The van der Waals surface area contributed by atoms with Crippen molar-refractivity contribution >= 4 is 11.6 Å². The molecule has 0 radical (unpaired) electrons. The van der Waals surface area contributed by atoms with Gasteiger partial charge in [-0.25, -0.2) is 0 Å². The van der Waals surface area contributed by atoms with Gasteiger partial charge in [0.2, 0.25) is 0 Å². The smallest absolute Gasteiger partial charge is 0.167 e. The first-order chi connectivity index (χ1) is 5.85. The molecule has 0 saturated carbocycles. The van der Waals surface area contributed by atoms with E-state index in [2.05, 4.69) is 0 Å². The van der Waals surface area contributed by atoms with Crippen molar-refractivity contribution in [1.82, 2.24) is 0 Å². The number of hydrogen-bond acceptors (Lipinski definition) is 0. The summed E-state index contributed by atoms with van der Waals surface area (Å²) < 4.78 is 35.1. The lowest BCUT2D eigenvalue weighted by Crippen LogP contribution is -2.01. The highest BCUT2D eigenvalue weighted by molar-refractivity contribution is 6.31. The minimum absolute atomic E-state index is 0.0496. The van der Waals surface area contributed by atoms with Crippen LogP contribution in [0.4, 0.5) is 13.2 Å². The number of allylic oxidation sites excluding steroid dienone is 6. The average molecular weight is 211 g/mol. The predicted molar refractivity (Wildman–Crippen MR) is 48.6 cm³/mol. The molecule has 0 spiro atoms. The Kier molecular flexibility index (Phi) is 4.85. The molecule has 0 aliphatic carbocycles. The van der Waals surface area contributed by atoms with Gasteiger partial charge in [-0.05, 0) is 19.9 Å². The predicted octanol–water partition coefficient (Wildman–Crippen LogP) is 4.19. The normalized spacial score (nSPS) is 15.5.